The molecule has 0 spiro atoms. The molecule has 30 nitrogen and oxygen atoms in total. The number of amides is 2. The smallest absolute Gasteiger partial charge is 0.323 e. The van der Waals surface area contributed by atoms with E-state index in [4.69, 9.17) is 39.2 Å². The number of likely N-dealkylation sites (N-methyl/N-ethyl adjacent to an activating group) is 3. The molecule has 0 unspecified atom stereocenters. The van der Waals surface area contributed by atoms with Crippen LogP contribution >= 0.6 is 0 Å². The Balaban J connectivity index is 0.000000150. The Kier molecular flexibility index (Phi) is 21.3. The molecule has 5 aliphatic heterocycles. The molecule has 12 heterocycles. The highest BCUT2D eigenvalue weighted by molar-refractivity contribution is 7.90. The molecule has 0 fully saturated rings. The highest BCUT2D eigenvalue weighted by Crippen LogP contribution is 2.38. The summed E-state index contributed by atoms with van der Waals surface area (Å²) in [5, 5.41) is 26.8. The van der Waals surface area contributed by atoms with Crippen LogP contribution in [0.1, 0.15) is 36.0 Å². The van der Waals surface area contributed by atoms with E-state index in [1.807, 2.05) is 12.1 Å². The van der Waals surface area contributed by atoms with Crippen LogP contribution in [0.5, 0.6) is 11.5 Å². The molecule has 7 aromatic heterocycles. The number of nitrogens with one attached hydrogen (secondary N) is 4. The van der Waals surface area contributed by atoms with E-state index in [0.717, 1.165) is 97.3 Å². The van der Waals surface area contributed by atoms with Gasteiger partial charge in [0.1, 0.15) is 11.5 Å². The lowest BCUT2D eigenvalue weighted by Gasteiger charge is -2.21. The lowest BCUT2D eigenvalue weighted by molar-refractivity contribution is -0.123. The summed E-state index contributed by atoms with van der Waals surface area (Å²) >= 11 is 0. The number of H-pyrrole nitrogens is 2. The van der Waals surface area contributed by atoms with E-state index in [9.17, 15) is 39.6 Å². The standard InChI is InChI=1S/2C21H20N4O4S.C20H19N5O3S.3CH2O2/c1-24-9-6-14(7-10-24)16-12-25(18-3-2-8-22-21(16)18)30(27,28)15-4-5-17-19(11-15)29-13-20(26)23-17;1-24-9-6-14(7-10-24)17-12-25(21-16(17)3-2-8-22-21)30(27,28)15-4-5-19-18(11-15)23-20(26)13-29-19;1-24-9-6-13(7-10-24)15-12-25(18-3-2-8-21-19(15)18)29(27,28)14-4-5-16-17(11-14)23-20(26)22-16;3*2-1-3/h2*2-6,8,11-12H,7,9-10,13H2,1H3,(H,23,26);2-6,8,11-12H,7,9-10H2,1H3,(H2,22,23,26);3*1H,(H,2,3). The Labute approximate surface area is 559 Å². The van der Waals surface area contributed by atoms with Gasteiger partial charge in [-0.2, -0.15) is 0 Å². The maximum Gasteiger partial charge on any atom is 0.323 e. The third-order valence-corrected chi connectivity index (χ3v) is 21.2. The molecule has 0 saturated heterocycles. The molecule has 3 aromatic carbocycles. The molecular weight excluding hydrogens is 1330 g/mol. The summed E-state index contributed by atoms with van der Waals surface area (Å²) < 4.78 is 95.5. The molecule has 0 bridgehead atoms. The van der Waals surface area contributed by atoms with Crippen LogP contribution in [0.25, 0.3) is 60.9 Å². The number of hydrogen-bond acceptors (Lipinski definition) is 20. The number of nitrogens with zero attached hydrogens (tertiary/aromatic N) is 9. The average molecular weight is 1400 g/mol. The summed E-state index contributed by atoms with van der Waals surface area (Å²) in [7, 11) is -5.54. The van der Waals surface area contributed by atoms with Gasteiger partial charge in [-0.25, -0.2) is 46.9 Å². The van der Waals surface area contributed by atoms with E-state index < -0.39 is 30.1 Å². The Bertz CT molecular complexity index is 5230. The van der Waals surface area contributed by atoms with E-state index >= 15 is 0 Å². The van der Waals surface area contributed by atoms with E-state index in [2.05, 4.69) is 89.6 Å². The quantitative estimate of drug-likeness (QED) is 0.0825. The van der Waals surface area contributed by atoms with Gasteiger partial charge in [-0.3, -0.25) is 33.9 Å². The second-order valence-electron chi connectivity index (χ2n) is 22.5. The van der Waals surface area contributed by atoms with Gasteiger partial charge >= 0.3 is 5.69 Å². The normalized spacial score (nSPS) is 15.6. The first-order valence-electron chi connectivity index (χ1n) is 29.9. The van der Waals surface area contributed by atoms with Gasteiger partial charge in [0.2, 0.25) is 0 Å². The van der Waals surface area contributed by atoms with E-state index in [1.165, 1.54) is 48.3 Å². The average Bonchev–Trinajstić information content (AvgIpc) is 1.59. The first-order chi connectivity index (χ1) is 47.0. The number of aromatic nitrogens is 8. The van der Waals surface area contributed by atoms with Crippen LogP contribution in [0.3, 0.4) is 0 Å². The fraction of sp³-hybridized carbons (Fsp3) is 0.215. The summed E-state index contributed by atoms with van der Waals surface area (Å²) in [4.78, 5) is 85.1. The summed E-state index contributed by atoms with van der Waals surface area (Å²) in [5.74, 6) is 0.197. The van der Waals surface area contributed by atoms with Gasteiger partial charge in [-0.05, 0) is 142 Å². The number of carboxylic acid groups (broad SMARTS) is 3. The zero-order chi connectivity index (χ0) is 70.1. The molecule has 0 atom stereocenters. The van der Waals surface area contributed by atoms with Crippen molar-refractivity contribution in [3.63, 3.8) is 0 Å². The third-order valence-electron chi connectivity index (χ3n) is 16.2. The number of fused-ring (bicyclic) bond motifs is 6. The van der Waals surface area contributed by atoms with Gasteiger partial charge in [-0.15, -0.1) is 0 Å². The van der Waals surface area contributed by atoms with Crippen molar-refractivity contribution in [2.75, 3.05) is 84.3 Å². The predicted molar refractivity (Wildman–Crippen MR) is 363 cm³/mol. The minimum atomic E-state index is -3.94. The van der Waals surface area contributed by atoms with E-state index in [1.54, 1.807) is 79.6 Å². The number of aromatic amines is 2. The van der Waals surface area contributed by atoms with Crippen molar-refractivity contribution in [2.24, 2.45) is 0 Å². The molecule has 5 aliphatic rings. The molecular formula is C65H65N13O17S3. The summed E-state index contributed by atoms with van der Waals surface area (Å²) in [6.07, 6.45) is 18.8. The molecule has 0 aliphatic carbocycles. The van der Waals surface area contributed by atoms with Crippen molar-refractivity contribution in [3.05, 3.63) is 174 Å². The second kappa shape index (κ2) is 29.9. The zero-order valence-corrected chi connectivity index (χ0v) is 55.1. The number of rotatable bonds is 9. The van der Waals surface area contributed by atoms with Crippen LogP contribution in [0.4, 0.5) is 11.4 Å². The molecule has 98 heavy (non-hydrogen) atoms. The SMILES string of the molecule is CN1CC=C(c2cn(S(=O)(=O)c3ccc4[nH]c(=O)[nH]c4c3)c3cccnc23)CC1.CN1CC=C(c2cn(S(=O)(=O)c3ccc4c(c3)NC(=O)CO4)c3ncccc23)CC1.CN1CC=C(c2cn(S(=O)(=O)c3ccc4c(c3)OCC(=O)N4)c3cccnc23)CC1.O=CO.O=CO.O=CO. The molecule has 7 N–H and O–H groups in total. The summed E-state index contributed by atoms with van der Waals surface area (Å²) in [5.41, 5.74) is 10.1. The van der Waals surface area contributed by atoms with Crippen LogP contribution in [-0.2, 0) is 54.0 Å². The molecule has 510 valence electrons. The number of benzene rings is 3. The fourth-order valence-electron chi connectivity index (χ4n) is 11.4. The first kappa shape index (κ1) is 69.7. The maximum absolute atomic E-state index is 13.5. The largest absolute Gasteiger partial charge is 0.483 e. The molecule has 15 rings (SSSR count). The number of imidazole rings is 1. The Hall–Kier alpha value is -11.1. The highest BCUT2D eigenvalue weighted by atomic mass is 32.2. The van der Waals surface area contributed by atoms with Crippen LogP contribution in [0, 0.1) is 0 Å². The van der Waals surface area contributed by atoms with Gasteiger partial charge < -0.3 is 60.1 Å². The van der Waals surface area contributed by atoms with E-state index in [0.29, 0.717) is 61.6 Å². The lowest BCUT2D eigenvalue weighted by atomic mass is 10.00. The minimum Gasteiger partial charge on any atom is -0.483 e. The van der Waals surface area contributed by atoms with Crippen LogP contribution < -0.4 is 25.8 Å². The van der Waals surface area contributed by atoms with Gasteiger partial charge in [0.25, 0.3) is 61.3 Å². The van der Waals surface area contributed by atoms with Crippen molar-refractivity contribution in [1.29, 1.82) is 0 Å². The molecule has 10 aromatic rings. The third kappa shape index (κ3) is 14.8. The Morgan fingerprint density at radius 2 is 0.908 bits per heavy atom. The number of pyridine rings is 3. The van der Waals surface area contributed by atoms with Crippen molar-refractivity contribution in [1.82, 2.24) is 51.5 Å². The van der Waals surface area contributed by atoms with Crippen LogP contribution in [0.15, 0.2) is 166 Å². The summed E-state index contributed by atoms with van der Waals surface area (Å²) in [6, 6.07) is 24.2. The molecule has 0 saturated carbocycles. The molecule has 33 heteroatoms. The second-order valence-corrected chi connectivity index (χ2v) is 27.9. The van der Waals surface area contributed by atoms with Gasteiger partial charge in [0.15, 0.2) is 18.9 Å². The van der Waals surface area contributed by atoms with Gasteiger partial charge in [0.05, 0.1) is 59.2 Å². The number of carbonyl (C=O) groups is 5. The molecule has 2 amide bonds. The number of hydrogen-bond donors (Lipinski definition) is 7. The maximum atomic E-state index is 13.5. The van der Waals surface area contributed by atoms with Crippen molar-refractivity contribution in [3.8, 4) is 11.5 Å². The number of ether oxygens (including phenoxy) is 2. The predicted octanol–water partition coefficient (Wildman–Crippen LogP) is 5.91. The van der Waals surface area contributed by atoms with Gasteiger partial charge in [0, 0.05) is 105 Å². The van der Waals surface area contributed by atoms with E-state index in [-0.39, 0.29) is 64.8 Å². The molecule has 0 radical (unpaired) electrons. The Morgan fingerprint density at radius 3 is 1.44 bits per heavy atom. The van der Waals surface area contributed by atoms with Crippen LogP contribution in [-0.4, -0.2) is 197 Å². The number of carbonyl (C=O) groups excluding carboxylic acids is 2. The lowest BCUT2D eigenvalue weighted by Crippen LogP contribution is -2.25. The number of anilines is 2. The first-order valence-corrected chi connectivity index (χ1v) is 34.2. The van der Waals surface area contributed by atoms with Gasteiger partial charge in [-0.1, -0.05) is 18.2 Å². The summed E-state index contributed by atoms with van der Waals surface area (Å²) in [6.45, 7) is 4.21. The Morgan fingerprint density at radius 1 is 0.480 bits per heavy atom. The van der Waals surface area contributed by atoms with Crippen LogP contribution in [0.2, 0.25) is 0 Å². The fourth-order valence-corrected chi connectivity index (χ4v) is 15.5. The highest BCUT2D eigenvalue weighted by Gasteiger charge is 2.30. The topological polar surface area (TPSA) is 403 Å². The van der Waals surface area contributed by atoms with Crippen molar-refractivity contribution < 1.29 is 74.0 Å². The monoisotopic (exact) mass is 1400 g/mol. The van der Waals surface area contributed by atoms with Crippen molar-refractivity contribution >= 4 is 134 Å². The minimum absolute atomic E-state index is 0.0542. The van der Waals surface area contributed by atoms with Crippen molar-refractivity contribution in [2.45, 2.75) is 33.9 Å². The zero-order valence-electron chi connectivity index (χ0n) is 52.7.